The fourth-order valence-corrected chi connectivity index (χ4v) is 2.67. The highest BCUT2D eigenvalue weighted by Crippen LogP contribution is 2.25. The first-order chi connectivity index (χ1) is 10.0. The Morgan fingerprint density at radius 3 is 2.95 bits per heavy atom. The van der Waals surface area contributed by atoms with Crippen molar-refractivity contribution < 1.29 is 14.3 Å². The van der Waals surface area contributed by atoms with Crippen LogP contribution in [0.15, 0.2) is 18.2 Å². The van der Waals surface area contributed by atoms with Gasteiger partial charge in [-0.25, -0.2) is 0 Å². The topological polar surface area (TPSA) is 42.0 Å². The molecule has 1 atom stereocenters. The fraction of sp³-hybridized carbons (Fsp3) is 0.533. The minimum atomic E-state index is -0.0653. The lowest BCUT2D eigenvalue weighted by Crippen LogP contribution is -2.52. The van der Waals surface area contributed by atoms with Gasteiger partial charge in [-0.1, -0.05) is 11.6 Å². The second kappa shape index (κ2) is 7.11. The Labute approximate surface area is 130 Å². The number of amides is 1. The Morgan fingerprint density at radius 1 is 1.52 bits per heavy atom. The second-order valence-corrected chi connectivity index (χ2v) is 5.77. The lowest BCUT2D eigenvalue weighted by Gasteiger charge is -2.37. The third-order valence-corrected chi connectivity index (χ3v) is 3.69. The third-order valence-electron chi connectivity index (χ3n) is 3.46. The number of methoxy groups -OCH3 is 1. The lowest BCUT2D eigenvalue weighted by atomic mass is 10.1. The number of carbonyl (C=O) groups is 1. The minimum absolute atomic E-state index is 0.0323. The number of ether oxygens (including phenoxy) is 2. The molecular formula is C15H21ClN2O3. The third kappa shape index (κ3) is 3.87. The van der Waals surface area contributed by atoms with Crippen LogP contribution in [0, 0.1) is 0 Å². The minimum Gasteiger partial charge on any atom is -0.496 e. The molecule has 1 amide bonds. The number of halogens is 1. The largest absolute Gasteiger partial charge is 0.496 e. The highest BCUT2D eigenvalue weighted by molar-refractivity contribution is 6.31. The summed E-state index contributed by atoms with van der Waals surface area (Å²) in [6, 6.07) is 5.13. The summed E-state index contributed by atoms with van der Waals surface area (Å²) in [5.74, 6) is 0.476. The van der Waals surface area contributed by atoms with Crippen LogP contribution in [0.2, 0.25) is 5.02 Å². The molecule has 0 N–H and O–H groups in total. The summed E-state index contributed by atoms with van der Waals surface area (Å²) >= 11 is 6.02. The summed E-state index contributed by atoms with van der Waals surface area (Å²) in [4.78, 5) is 16.7. The van der Waals surface area contributed by atoms with Crippen molar-refractivity contribution in [3.8, 4) is 5.75 Å². The molecule has 5 nitrogen and oxygen atoms in total. The zero-order valence-electron chi connectivity index (χ0n) is 12.6. The number of nitrogens with zero attached hydrogens (tertiary/aromatic N) is 2. The van der Waals surface area contributed by atoms with Crippen LogP contribution in [-0.4, -0.2) is 69.3 Å². The van der Waals surface area contributed by atoms with Crippen molar-refractivity contribution in [2.24, 2.45) is 0 Å². The van der Waals surface area contributed by atoms with Crippen molar-refractivity contribution >= 4 is 17.5 Å². The number of rotatable bonds is 4. The molecule has 1 heterocycles. The summed E-state index contributed by atoms with van der Waals surface area (Å²) in [5.41, 5.74) is 0.496. The molecule has 1 unspecified atom stereocenters. The van der Waals surface area contributed by atoms with Gasteiger partial charge in [0.15, 0.2) is 0 Å². The average Bonchev–Trinajstić information content (AvgIpc) is 2.46. The Hall–Kier alpha value is -1.30. The standard InChI is InChI=1S/C15H21ClN2O3/c1-17(2)9-12-10-21-7-6-18(12)15(19)13-8-11(16)4-5-14(13)20-3/h4-5,8,12H,6-7,9-10H2,1-3H3. The van der Waals surface area contributed by atoms with Crippen molar-refractivity contribution in [1.29, 1.82) is 0 Å². The second-order valence-electron chi connectivity index (χ2n) is 5.33. The van der Waals surface area contributed by atoms with Crippen LogP contribution in [0.4, 0.5) is 0 Å². The molecule has 0 aromatic heterocycles. The van der Waals surface area contributed by atoms with Crippen LogP contribution in [0.3, 0.4) is 0 Å². The van der Waals surface area contributed by atoms with E-state index in [1.54, 1.807) is 25.3 Å². The van der Waals surface area contributed by atoms with E-state index >= 15 is 0 Å². The predicted molar refractivity (Wildman–Crippen MR) is 82.2 cm³/mol. The lowest BCUT2D eigenvalue weighted by molar-refractivity contribution is -0.00843. The van der Waals surface area contributed by atoms with E-state index in [1.807, 2.05) is 19.0 Å². The van der Waals surface area contributed by atoms with Crippen LogP contribution >= 0.6 is 11.6 Å². The molecular weight excluding hydrogens is 292 g/mol. The number of morpholine rings is 1. The maximum Gasteiger partial charge on any atom is 0.258 e. The SMILES string of the molecule is COc1ccc(Cl)cc1C(=O)N1CCOCC1CN(C)C. The van der Waals surface area contributed by atoms with Gasteiger partial charge in [-0.3, -0.25) is 4.79 Å². The number of hydrogen-bond donors (Lipinski definition) is 0. The van der Waals surface area contributed by atoms with Crippen molar-refractivity contribution in [1.82, 2.24) is 9.80 Å². The van der Waals surface area contributed by atoms with Gasteiger partial charge >= 0.3 is 0 Å². The predicted octanol–water partition coefficient (Wildman–Crippen LogP) is 1.75. The summed E-state index contributed by atoms with van der Waals surface area (Å²) < 4.78 is 10.8. The van der Waals surface area contributed by atoms with Gasteiger partial charge in [0.25, 0.3) is 5.91 Å². The molecule has 6 heteroatoms. The number of hydrogen-bond acceptors (Lipinski definition) is 4. The van der Waals surface area contributed by atoms with E-state index in [-0.39, 0.29) is 11.9 Å². The first-order valence-corrected chi connectivity index (χ1v) is 7.27. The van der Waals surface area contributed by atoms with Crippen molar-refractivity contribution in [2.45, 2.75) is 6.04 Å². The number of likely N-dealkylation sites (N-methyl/N-ethyl adjacent to an activating group) is 1. The van der Waals surface area contributed by atoms with E-state index < -0.39 is 0 Å². The summed E-state index contributed by atoms with van der Waals surface area (Å²) in [6.07, 6.45) is 0. The van der Waals surface area contributed by atoms with Gasteiger partial charge in [0.2, 0.25) is 0 Å². The summed E-state index contributed by atoms with van der Waals surface area (Å²) in [5, 5.41) is 0.525. The van der Waals surface area contributed by atoms with Gasteiger partial charge in [0.05, 0.1) is 31.9 Å². The molecule has 0 spiro atoms. The molecule has 21 heavy (non-hydrogen) atoms. The van der Waals surface area contributed by atoms with Crippen LogP contribution in [0.1, 0.15) is 10.4 Å². The Kier molecular flexibility index (Phi) is 5.45. The molecule has 0 radical (unpaired) electrons. The monoisotopic (exact) mass is 312 g/mol. The van der Waals surface area contributed by atoms with Gasteiger partial charge in [-0.2, -0.15) is 0 Å². The van der Waals surface area contributed by atoms with Crippen LogP contribution in [-0.2, 0) is 4.74 Å². The highest BCUT2D eigenvalue weighted by Gasteiger charge is 2.30. The molecule has 1 fully saturated rings. The van der Waals surface area contributed by atoms with Gasteiger partial charge < -0.3 is 19.3 Å². The number of carbonyl (C=O) groups excluding carboxylic acids is 1. The Balaban J connectivity index is 2.26. The van der Waals surface area contributed by atoms with Gasteiger partial charge in [0, 0.05) is 18.1 Å². The summed E-state index contributed by atoms with van der Waals surface area (Å²) in [7, 11) is 5.52. The van der Waals surface area contributed by atoms with E-state index in [0.29, 0.717) is 36.1 Å². The van der Waals surface area contributed by atoms with E-state index in [9.17, 15) is 4.79 Å². The maximum atomic E-state index is 12.8. The molecule has 2 rings (SSSR count). The van der Waals surface area contributed by atoms with Gasteiger partial charge in [0.1, 0.15) is 5.75 Å². The summed E-state index contributed by atoms with van der Waals surface area (Å²) in [6.45, 7) is 2.44. The van der Waals surface area contributed by atoms with E-state index in [2.05, 4.69) is 4.90 Å². The van der Waals surface area contributed by atoms with E-state index in [1.165, 1.54) is 0 Å². The Morgan fingerprint density at radius 2 is 2.29 bits per heavy atom. The molecule has 1 aliphatic heterocycles. The van der Waals surface area contributed by atoms with E-state index in [4.69, 9.17) is 21.1 Å². The molecule has 1 aromatic carbocycles. The van der Waals surface area contributed by atoms with Crippen LogP contribution < -0.4 is 4.74 Å². The van der Waals surface area contributed by atoms with E-state index in [0.717, 1.165) is 6.54 Å². The first kappa shape index (κ1) is 16.1. The zero-order valence-corrected chi connectivity index (χ0v) is 13.4. The smallest absolute Gasteiger partial charge is 0.258 e. The molecule has 0 aliphatic carbocycles. The van der Waals surface area contributed by atoms with Gasteiger partial charge in [-0.05, 0) is 32.3 Å². The van der Waals surface area contributed by atoms with Gasteiger partial charge in [-0.15, -0.1) is 0 Å². The normalized spacial score (nSPS) is 18.9. The molecule has 1 saturated heterocycles. The first-order valence-electron chi connectivity index (χ1n) is 6.90. The molecule has 0 bridgehead atoms. The van der Waals surface area contributed by atoms with Crippen LogP contribution in [0.25, 0.3) is 0 Å². The molecule has 1 aromatic rings. The fourth-order valence-electron chi connectivity index (χ4n) is 2.50. The quantitative estimate of drug-likeness (QED) is 0.849. The molecule has 116 valence electrons. The zero-order chi connectivity index (χ0) is 15.4. The Bertz CT molecular complexity index is 508. The van der Waals surface area contributed by atoms with Crippen molar-refractivity contribution in [3.63, 3.8) is 0 Å². The molecule has 1 aliphatic rings. The van der Waals surface area contributed by atoms with Crippen molar-refractivity contribution in [3.05, 3.63) is 28.8 Å². The highest BCUT2D eigenvalue weighted by atomic mass is 35.5. The van der Waals surface area contributed by atoms with Crippen molar-refractivity contribution in [2.75, 3.05) is 47.5 Å². The molecule has 0 saturated carbocycles. The number of benzene rings is 1. The van der Waals surface area contributed by atoms with Crippen LogP contribution in [0.5, 0.6) is 5.75 Å². The maximum absolute atomic E-state index is 12.8. The average molecular weight is 313 g/mol.